The summed E-state index contributed by atoms with van der Waals surface area (Å²) in [7, 11) is -3.69. The predicted molar refractivity (Wildman–Crippen MR) is 145 cm³/mol. The Bertz CT molecular complexity index is 1410. The van der Waals surface area contributed by atoms with Gasteiger partial charge in [0.2, 0.25) is 10.0 Å². The average Bonchev–Trinajstić information content (AvgIpc) is 2.90. The first-order chi connectivity index (χ1) is 17.4. The third kappa shape index (κ3) is 7.04. The van der Waals surface area contributed by atoms with Gasteiger partial charge >= 0.3 is 0 Å². The number of halogens is 1. The van der Waals surface area contributed by atoms with E-state index in [4.69, 9.17) is 4.74 Å². The second-order valence-electron chi connectivity index (χ2n) is 8.01. The van der Waals surface area contributed by atoms with Gasteiger partial charge in [0.15, 0.2) is 0 Å². The number of amides is 1. The van der Waals surface area contributed by atoms with Crippen LogP contribution < -0.4 is 14.8 Å². The molecule has 6 nitrogen and oxygen atoms in total. The topological polar surface area (TPSA) is 84.5 Å². The van der Waals surface area contributed by atoms with Crippen molar-refractivity contribution in [3.63, 3.8) is 0 Å². The van der Waals surface area contributed by atoms with Crippen molar-refractivity contribution >= 4 is 37.5 Å². The number of ether oxygens (including phenoxy) is 1. The summed E-state index contributed by atoms with van der Waals surface area (Å²) in [4.78, 5) is 13.1. The van der Waals surface area contributed by atoms with Crippen LogP contribution in [0.5, 0.6) is 5.75 Å². The van der Waals surface area contributed by atoms with Crippen LogP contribution in [0.2, 0.25) is 0 Å². The molecule has 1 amide bonds. The quantitative estimate of drug-likeness (QED) is 0.255. The lowest BCUT2D eigenvalue weighted by Crippen LogP contribution is -2.23. The molecule has 0 aromatic heterocycles. The zero-order valence-corrected chi connectivity index (χ0v) is 21.8. The molecule has 36 heavy (non-hydrogen) atoms. The van der Waals surface area contributed by atoms with Gasteiger partial charge in [-0.15, -0.1) is 0 Å². The zero-order valence-electron chi connectivity index (χ0n) is 19.4. The van der Waals surface area contributed by atoms with E-state index in [0.717, 1.165) is 15.6 Å². The van der Waals surface area contributed by atoms with Gasteiger partial charge in [0, 0.05) is 23.1 Å². The Morgan fingerprint density at radius 1 is 0.806 bits per heavy atom. The van der Waals surface area contributed by atoms with E-state index in [0.29, 0.717) is 30.0 Å². The molecule has 0 unspecified atom stereocenters. The maximum absolute atomic E-state index is 13.0. The van der Waals surface area contributed by atoms with Crippen molar-refractivity contribution in [2.75, 3.05) is 11.9 Å². The molecule has 0 bridgehead atoms. The smallest absolute Gasteiger partial charge is 0.259 e. The van der Waals surface area contributed by atoms with Crippen LogP contribution in [0.4, 0.5) is 5.69 Å². The first kappa shape index (κ1) is 25.6. The van der Waals surface area contributed by atoms with E-state index in [1.807, 2.05) is 66.7 Å². The third-order valence-corrected chi connectivity index (χ3v) is 7.32. The first-order valence-electron chi connectivity index (χ1n) is 11.3. The lowest BCUT2D eigenvalue weighted by atomic mass is 10.1. The molecule has 4 rings (SSSR count). The van der Waals surface area contributed by atoms with E-state index in [-0.39, 0.29) is 17.3 Å². The highest BCUT2D eigenvalue weighted by Gasteiger charge is 2.16. The number of carbonyl (C=O) groups is 1. The van der Waals surface area contributed by atoms with Crippen LogP contribution in [0.3, 0.4) is 0 Å². The van der Waals surface area contributed by atoms with Gasteiger partial charge in [0.05, 0.1) is 17.1 Å². The SMILES string of the molecule is O=C(Nc1ccc(S(=O)(=O)NCc2ccccc2)cc1)c1cc(Br)ccc1OCCc1ccccc1. The minimum atomic E-state index is -3.69. The van der Waals surface area contributed by atoms with Gasteiger partial charge in [-0.1, -0.05) is 76.6 Å². The number of anilines is 1. The molecule has 4 aromatic rings. The minimum Gasteiger partial charge on any atom is -0.492 e. The van der Waals surface area contributed by atoms with Gasteiger partial charge in [-0.05, 0) is 53.6 Å². The molecule has 0 saturated heterocycles. The Labute approximate surface area is 219 Å². The molecule has 0 radical (unpaired) electrons. The Morgan fingerprint density at radius 2 is 1.44 bits per heavy atom. The van der Waals surface area contributed by atoms with Crippen LogP contribution in [0, 0.1) is 0 Å². The number of hydrogen-bond donors (Lipinski definition) is 2. The maximum atomic E-state index is 13.0. The number of hydrogen-bond acceptors (Lipinski definition) is 4. The Hall–Kier alpha value is -3.46. The van der Waals surface area contributed by atoms with Crippen molar-refractivity contribution < 1.29 is 17.9 Å². The van der Waals surface area contributed by atoms with Crippen LogP contribution in [-0.4, -0.2) is 20.9 Å². The van der Waals surface area contributed by atoms with E-state index >= 15 is 0 Å². The molecule has 184 valence electrons. The molecule has 8 heteroatoms. The lowest BCUT2D eigenvalue weighted by Gasteiger charge is -2.13. The molecular formula is C28H25BrN2O4S. The Morgan fingerprint density at radius 3 is 2.11 bits per heavy atom. The molecule has 0 aliphatic carbocycles. The van der Waals surface area contributed by atoms with E-state index in [1.165, 1.54) is 12.1 Å². The molecule has 0 fully saturated rings. The van der Waals surface area contributed by atoms with Crippen LogP contribution in [0.15, 0.2) is 112 Å². The van der Waals surface area contributed by atoms with Gasteiger partial charge in [0.1, 0.15) is 5.75 Å². The van der Waals surface area contributed by atoms with Crippen LogP contribution in [-0.2, 0) is 23.0 Å². The number of rotatable bonds is 10. The fourth-order valence-corrected chi connectivity index (χ4v) is 4.88. The molecule has 4 aromatic carbocycles. The predicted octanol–water partition coefficient (Wildman–Crippen LogP) is 5.80. The van der Waals surface area contributed by atoms with Crippen molar-refractivity contribution in [3.8, 4) is 5.75 Å². The molecule has 0 aliphatic heterocycles. The van der Waals surface area contributed by atoms with Crippen molar-refractivity contribution in [3.05, 3.63) is 124 Å². The average molecular weight is 565 g/mol. The van der Waals surface area contributed by atoms with E-state index in [2.05, 4.69) is 26.0 Å². The van der Waals surface area contributed by atoms with E-state index < -0.39 is 10.0 Å². The summed E-state index contributed by atoms with van der Waals surface area (Å²) in [6, 6.07) is 30.5. The summed E-state index contributed by atoms with van der Waals surface area (Å²) >= 11 is 3.41. The van der Waals surface area contributed by atoms with Gasteiger partial charge in [-0.25, -0.2) is 13.1 Å². The summed E-state index contributed by atoms with van der Waals surface area (Å²) in [6.45, 7) is 0.617. The summed E-state index contributed by atoms with van der Waals surface area (Å²) in [5, 5.41) is 2.82. The second-order valence-corrected chi connectivity index (χ2v) is 10.7. The molecule has 0 atom stereocenters. The third-order valence-electron chi connectivity index (χ3n) is 5.41. The first-order valence-corrected chi connectivity index (χ1v) is 13.6. The highest BCUT2D eigenvalue weighted by Crippen LogP contribution is 2.25. The number of nitrogens with one attached hydrogen (secondary N) is 2. The molecule has 2 N–H and O–H groups in total. The highest BCUT2D eigenvalue weighted by molar-refractivity contribution is 9.10. The van der Waals surface area contributed by atoms with Gasteiger partial charge in [0.25, 0.3) is 5.91 Å². The standard InChI is InChI=1S/C28H25BrN2O4S/c29-23-11-16-27(35-18-17-21-7-3-1-4-8-21)26(19-23)28(32)31-24-12-14-25(15-13-24)36(33,34)30-20-22-9-5-2-6-10-22/h1-16,19,30H,17-18,20H2,(H,31,32). The maximum Gasteiger partial charge on any atom is 0.259 e. The summed E-state index contributed by atoms with van der Waals surface area (Å²) in [6.07, 6.45) is 0.714. The van der Waals surface area contributed by atoms with Gasteiger partial charge < -0.3 is 10.1 Å². The second kappa shape index (κ2) is 12.0. The lowest BCUT2D eigenvalue weighted by molar-refractivity contribution is 0.102. The van der Waals surface area contributed by atoms with Crippen LogP contribution >= 0.6 is 15.9 Å². The zero-order chi connectivity index (χ0) is 25.4. The van der Waals surface area contributed by atoms with Crippen molar-refractivity contribution in [1.82, 2.24) is 4.72 Å². The Kier molecular flexibility index (Phi) is 8.53. The fourth-order valence-electron chi connectivity index (χ4n) is 3.50. The normalized spacial score (nSPS) is 11.1. The van der Waals surface area contributed by atoms with Gasteiger partial charge in [-0.2, -0.15) is 0 Å². The van der Waals surface area contributed by atoms with E-state index in [1.54, 1.807) is 24.3 Å². The number of carbonyl (C=O) groups excluding carboxylic acids is 1. The minimum absolute atomic E-state index is 0.115. The Balaban J connectivity index is 1.40. The van der Waals surface area contributed by atoms with Gasteiger partial charge in [-0.3, -0.25) is 4.79 Å². The van der Waals surface area contributed by atoms with Crippen molar-refractivity contribution in [2.24, 2.45) is 0 Å². The summed E-state index contributed by atoms with van der Waals surface area (Å²) < 4.78 is 34.5. The fraction of sp³-hybridized carbons (Fsp3) is 0.107. The molecule has 0 saturated carbocycles. The van der Waals surface area contributed by atoms with E-state index in [9.17, 15) is 13.2 Å². The van der Waals surface area contributed by atoms with Crippen LogP contribution in [0.25, 0.3) is 0 Å². The van der Waals surface area contributed by atoms with Crippen LogP contribution in [0.1, 0.15) is 21.5 Å². The summed E-state index contributed by atoms with van der Waals surface area (Å²) in [5.74, 6) is 0.111. The number of benzene rings is 4. The monoisotopic (exact) mass is 564 g/mol. The number of sulfonamides is 1. The molecule has 0 spiro atoms. The molecular weight excluding hydrogens is 540 g/mol. The largest absolute Gasteiger partial charge is 0.492 e. The van der Waals surface area contributed by atoms with Crippen molar-refractivity contribution in [2.45, 2.75) is 17.9 Å². The molecule has 0 heterocycles. The summed E-state index contributed by atoms with van der Waals surface area (Å²) in [5.41, 5.74) is 2.85. The highest BCUT2D eigenvalue weighted by atomic mass is 79.9. The van der Waals surface area contributed by atoms with Crippen molar-refractivity contribution in [1.29, 1.82) is 0 Å². The molecule has 0 aliphatic rings.